The molecule has 4 rings (SSSR count). The Morgan fingerprint density at radius 3 is 2.17 bits per heavy atom. The Morgan fingerprint density at radius 1 is 0.833 bits per heavy atom. The minimum Gasteiger partial charge on any atom is -0.507 e. The van der Waals surface area contributed by atoms with Gasteiger partial charge in [-0.15, -0.1) is 0 Å². The first kappa shape index (κ1) is 19.8. The van der Waals surface area contributed by atoms with E-state index < -0.39 is 15.0 Å². The molecule has 0 saturated heterocycles. The van der Waals surface area contributed by atoms with E-state index in [0.29, 0.717) is 16.5 Å². The molecular formula is C19H14ClN5O4S. The SMILES string of the molecule is O=S(=O)(O)c1cc(O)c2cc(Nc3nc(Cl)nc(Nc4ccccc4)n3)ccc2c1. The van der Waals surface area contributed by atoms with Crippen LogP contribution < -0.4 is 10.6 Å². The van der Waals surface area contributed by atoms with Crippen molar-refractivity contribution in [2.45, 2.75) is 4.90 Å². The van der Waals surface area contributed by atoms with Gasteiger partial charge in [-0.2, -0.15) is 23.4 Å². The largest absolute Gasteiger partial charge is 0.507 e. The molecule has 0 bridgehead atoms. The lowest BCUT2D eigenvalue weighted by Crippen LogP contribution is -2.04. The van der Waals surface area contributed by atoms with Gasteiger partial charge in [0.2, 0.25) is 17.2 Å². The van der Waals surface area contributed by atoms with Crippen LogP contribution in [0.4, 0.5) is 23.3 Å². The molecule has 0 aliphatic heterocycles. The zero-order valence-electron chi connectivity index (χ0n) is 15.1. The Bertz CT molecular complexity index is 1350. The number of nitrogens with one attached hydrogen (secondary N) is 2. The molecule has 0 radical (unpaired) electrons. The number of nitrogens with zero attached hydrogens (tertiary/aromatic N) is 3. The number of rotatable bonds is 5. The number of halogens is 1. The molecule has 9 nitrogen and oxygen atoms in total. The molecule has 0 amide bonds. The van der Waals surface area contributed by atoms with Crippen molar-refractivity contribution in [2.24, 2.45) is 0 Å². The molecular weight excluding hydrogens is 430 g/mol. The van der Waals surface area contributed by atoms with Crippen molar-refractivity contribution < 1.29 is 18.1 Å². The topological polar surface area (TPSA) is 137 Å². The smallest absolute Gasteiger partial charge is 0.294 e. The second-order valence-corrected chi connectivity index (χ2v) is 7.98. The first-order valence-electron chi connectivity index (χ1n) is 8.53. The van der Waals surface area contributed by atoms with E-state index >= 15 is 0 Å². The van der Waals surface area contributed by atoms with Gasteiger partial charge < -0.3 is 15.7 Å². The predicted molar refractivity (Wildman–Crippen MR) is 113 cm³/mol. The van der Waals surface area contributed by atoms with Gasteiger partial charge in [-0.05, 0) is 47.3 Å². The first-order chi connectivity index (χ1) is 14.3. The van der Waals surface area contributed by atoms with Crippen LogP contribution in [0.1, 0.15) is 0 Å². The zero-order valence-corrected chi connectivity index (χ0v) is 16.7. The van der Waals surface area contributed by atoms with E-state index in [9.17, 15) is 18.1 Å². The van der Waals surface area contributed by atoms with Gasteiger partial charge in [0.1, 0.15) is 5.75 Å². The number of fused-ring (bicyclic) bond motifs is 1. The molecule has 4 aromatic rings. The van der Waals surface area contributed by atoms with Crippen molar-refractivity contribution in [1.82, 2.24) is 15.0 Å². The van der Waals surface area contributed by atoms with Gasteiger partial charge in [-0.25, -0.2) is 0 Å². The molecule has 1 heterocycles. The molecule has 0 spiro atoms. The van der Waals surface area contributed by atoms with E-state index in [1.54, 1.807) is 18.2 Å². The predicted octanol–water partition coefficient (Wildman–Crippen LogP) is 4.12. The number of phenolic OH excluding ortho intramolecular Hbond substituents is 1. The maximum absolute atomic E-state index is 11.3. The number of benzene rings is 3. The van der Waals surface area contributed by atoms with E-state index in [-0.39, 0.29) is 22.9 Å². The van der Waals surface area contributed by atoms with E-state index in [1.165, 1.54) is 6.07 Å². The lowest BCUT2D eigenvalue weighted by Gasteiger charge is -2.10. The van der Waals surface area contributed by atoms with Gasteiger partial charge in [0.05, 0.1) is 4.90 Å². The quantitative estimate of drug-likeness (QED) is 0.335. The van der Waals surface area contributed by atoms with Gasteiger partial charge in [0.25, 0.3) is 10.1 Å². The number of para-hydroxylation sites is 1. The minimum absolute atomic E-state index is 0.0210. The summed E-state index contributed by atoms with van der Waals surface area (Å²) in [7, 11) is -4.44. The van der Waals surface area contributed by atoms with Crippen LogP contribution >= 0.6 is 11.6 Å². The number of phenols is 1. The van der Waals surface area contributed by atoms with Gasteiger partial charge in [0, 0.05) is 22.8 Å². The molecule has 0 unspecified atom stereocenters. The summed E-state index contributed by atoms with van der Waals surface area (Å²) >= 11 is 6.00. The Kier molecular flexibility index (Phi) is 5.12. The summed E-state index contributed by atoms with van der Waals surface area (Å²) in [6.45, 7) is 0. The molecule has 0 atom stereocenters. The number of aromatic hydroxyl groups is 1. The van der Waals surface area contributed by atoms with Crippen LogP contribution in [0.3, 0.4) is 0 Å². The maximum atomic E-state index is 11.3. The molecule has 30 heavy (non-hydrogen) atoms. The third kappa shape index (κ3) is 4.40. The molecule has 0 aliphatic carbocycles. The number of hydrogen-bond donors (Lipinski definition) is 4. The van der Waals surface area contributed by atoms with Gasteiger partial charge in [0.15, 0.2) is 0 Å². The van der Waals surface area contributed by atoms with Crippen molar-refractivity contribution in [3.8, 4) is 5.75 Å². The first-order valence-corrected chi connectivity index (χ1v) is 10.3. The van der Waals surface area contributed by atoms with Crippen molar-refractivity contribution >= 4 is 55.8 Å². The number of hydrogen-bond acceptors (Lipinski definition) is 8. The Morgan fingerprint density at radius 2 is 1.50 bits per heavy atom. The third-order valence-electron chi connectivity index (χ3n) is 4.10. The van der Waals surface area contributed by atoms with E-state index in [2.05, 4.69) is 25.6 Å². The van der Waals surface area contributed by atoms with Gasteiger partial charge in [-0.3, -0.25) is 4.55 Å². The molecule has 11 heteroatoms. The highest BCUT2D eigenvalue weighted by Gasteiger charge is 2.14. The van der Waals surface area contributed by atoms with Crippen LogP contribution in [-0.4, -0.2) is 33.0 Å². The van der Waals surface area contributed by atoms with Crippen LogP contribution in [0.25, 0.3) is 10.8 Å². The van der Waals surface area contributed by atoms with Crippen LogP contribution in [0.2, 0.25) is 5.28 Å². The van der Waals surface area contributed by atoms with Crippen molar-refractivity contribution in [2.75, 3.05) is 10.6 Å². The average Bonchev–Trinajstić information content (AvgIpc) is 2.68. The van der Waals surface area contributed by atoms with Crippen LogP contribution in [0.5, 0.6) is 5.75 Å². The molecule has 0 saturated carbocycles. The van der Waals surface area contributed by atoms with E-state index in [4.69, 9.17) is 11.6 Å². The van der Waals surface area contributed by atoms with Crippen molar-refractivity contribution in [3.63, 3.8) is 0 Å². The summed E-state index contributed by atoms with van der Waals surface area (Å²) in [6, 6.07) is 16.3. The fraction of sp³-hybridized carbons (Fsp3) is 0. The molecule has 1 aromatic heterocycles. The fourth-order valence-electron chi connectivity index (χ4n) is 2.78. The van der Waals surface area contributed by atoms with E-state index in [0.717, 1.165) is 11.8 Å². The van der Waals surface area contributed by atoms with Crippen LogP contribution in [0, 0.1) is 0 Å². The second-order valence-electron chi connectivity index (χ2n) is 6.22. The number of aromatic nitrogens is 3. The second kappa shape index (κ2) is 7.75. The summed E-state index contributed by atoms with van der Waals surface area (Å²) in [5, 5.41) is 16.9. The molecule has 3 aromatic carbocycles. The monoisotopic (exact) mass is 443 g/mol. The van der Waals surface area contributed by atoms with Crippen molar-refractivity contribution in [1.29, 1.82) is 0 Å². The summed E-state index contributed by atoms with van der Waals surface area (Å²) in [4.78, 5) is 12.0. The normalized spacial score (nSPS) is 11.4. The Hall–Kier alpha value is -3.47. The minimum atomic E-state index is -4.44. The number of anilines is 4. The maximum Gasteiger partial charge on any atom is 0.294 e. The third-order valence-corrected chi connectivity index (χ3v) is 5.10. The fourth-order valence-corrected chi connectivity index (χ4v) is 3.48. The summed E-state index contributed by atoms with van der Waals surface area (Å²) in [6.07, 6.45) is 0. The van der Waals surface area contributed by atoms with Crippen LogP contribution in [0.15, 0.2) is 65.6 Å². The molecule has 4 N–H and O–H groups in total. The van der Waals surface area contributed by atoms with Crippen LogP contribution in [-0.2, 0) is 10.1 Å². The lowest BCUT2D eigenvalue weighted by molar-refractivity contribution is 0.471. The van der Waals surface area contributed by atoms with Gasteiger partial charge in [-0.1, -0.05) is 24.3 Å². The lowest BCUT2D eigenvalue weighted by atomic mass is 10.1. The molecule has 0 fully saturated rings. The van der Waals surface area contributed by atoms with Gasteiger partial charge >= 0.3 is 0 Å². The summed E-state index contributed by atoms with van der Waals surface area (Å²) in [5.74, 6) is 0.107. The summed E-state index contributed by atoms with van der Waals surface area (Å²) < 4.78 is 31.8. The Balaban J connectivity index is 1.65. The standard InChI is InChI=1S/C19H14ClN5O4S/c20-17-23-18(21-12-4-2-1-3-5-12)25-19(24-17)22-13-7-6-11-8-14(30(27,28)29)10-16(26)15(11)9-13/h1-10,26H,(H,27,28,29)(H2,21,22,23,24,25). The zero-order chi connectivity index (χ0) is 21.3. The molecule has 152 valence electrons. The Labute approximate surface area is 176 Å². The average molecular weight is 444 g/mol. The highest BCUT2D eigenvalue weighted by Crippen LogP contribution is 2.31. The highest BCUT2D eigenvalue weighted by molar-refractivity contribution is 7.85. The van der Waals surface area contributed by atoms with Crippen molar-refractivity contribution in [3.05, 3.63) is 65.9 Å². The summed E-state index contributed by atoms with van der Waals surface area (Å²) in [5.41, 5.74) is 1.29. The highest BCUT2D eigenvalue weighted by atomic mass is 35.5. The van der Waals surface area contributed by atoms with E-state index in [1.807, 2.05) is 30.3 Å². The molecule has 0 aliphatic rings.